The first-order valence-corrected chi connectivity index (χ1v) is 8.24. The molecule has 110 valence electrons. The Morgan fingerprint density at radius 1 is 1.05 bits per heavy atom. The second kappa shape index (κ2) is 6.47. The number of halogens is 3. The van der Waals surface area contributed by atoms with Gasteiger partial charge in [0.05, 0.1) is 18.6 Å². The molecule has 1 aliphatic rings. The van der Waals surface area contributed by atoms with Crippen molar-refractivity contribution in [1.29, 1.82) is 0 Å². The smallest absolute Gasteiger partial charge is 0.162 e. The van der Waals surface area contributed by atoms with Gasteiger partial charge in [-0.3, -0.25) is 0 Å². The van der Waals surface area contributed by atoms with E-state index < -0.39 is 0 Å². The molecule has 0 saturated heterocycles. The third-order valence-electron chi connectivity index (χ3n) is 3.28. The van der Waals surface area contributed by atoms with Crippen LogP contribution in [0.5, 0.6) is 11.5 Å². The van der Waals surface area contributed by atoms with Crippen molar-refractivity contribution >= 4 is 39.1 Å². The molecular weight excluding hydrogens is 375 g/mol. The van der Waals surface area contributed by atoms with E-state index in [1.54, 1.807) is 0 Å². The summed E-state index contributed by atoms with van der Waals surface area (Å²) in [6, 6.07) is 11.4. The van der Waals surface area contributed by atoms with Crippen molar-refractivity contribution in [3.05, 3.63) is 57.0 Å². The lowest BCUT2D eigenvalue weighted by Crippen LogP contribution is -1.98. The molecule has 21 heavy (non-hydrogen) atoms. The lowest BCUT2D eigenvalue weighted by atomic mass is 10.0. The predicted molar refractivity (Wildman–Crippen MR) is 88.9 cm³/mol. The molecule has 0 aromatic heterocycles. The summed E-state index contributed by atoms with van der Waals surface area (Å²) in [4.78, 5) is 0. The van der Waals surface area contributed by atoms with Crippen LogP contribution >= 0.6 is 39.1 Å². The zero-order chi connectivity index (χ0) is 14.8. The van der Waals surface area contributed by atoms with Crippen molar-refractivity contribution in [1.82, 2.24) is 0 Å². The minimum Gasteiger partial charge on any atom is -0.490 e. The lowest BCUT2D eigenvalue weighted by Gasteiger charge is -2.16. The molecule has 1 aliphatic heterocycles. The molecule has 0 radical (unpaired) electrons. The summed E-state index contributed by atoms with van der Waals surface area (Å²) >= 11 is 16.2. The van der Waals surface area contributed by atoms with Crippen LogP contribution in [0.2, 0.25) is 5.02 Å². The van der Waals surface area contributed by atoms with Gasteiger partial charge < -0.3 is 9.47 Å². The Morgan fingerprint density at radius 3 is 2.48 bits per heavy atom. The van der Waals surface area contributed by atoms with Crippen LogP contribution in [-0.2, 0) is 0 Å². The molecule has 0 aliphatic carbocycles. The van der Waals surface area contributed by atoms with Crippen molar-refractivity contribution in [3.63, 3.8) is 0 Å². The van der Waals surface area contributed by atoms with Gasteiger partial charge in [-0.15, -0.1) is 11.6 Å². The van der Waals surface area contributed by atoms with Crippen LogP contribution in [0.3, 0.4) is 0 Å². The van der Waals surface area contributed by atoms with Gasteiger partial charge in [-0.2, -0.15) is 0 Å². The number of rotatable bonds is 2. The Kier molecular flexibility index (Phi) is 4.63. The molecule has 0 amide bonds. The molecular formula is C16H13BrCl2O2. The number of alkyl halides is 1. The van der Waals surface area contributed by atoms with Crippen molar-refractivity contribution < 1.29 is 9.47 Å². The molecule has 1 atom stereocenters. The summed E-state index contributed by atoms with van der Waals surface area (Å²) in [5.41, 5.74) is 1.88. The number of fused-ring (bicyclic) bond motifs is 1. The highest BCUT2D eigenvalue weighted by Gasteiger charge is 2.19. The van der Waals surface area contributed by atoms with E-state index in [1.165, 1.54) is 0 Å². The molecule has 0 N–H and O–H groups in total. The molecule has 3 rings (SSSR count). The first-order valence-electron chi connectivity index (χ1n) is 6.64. The Balaban J connectivity index is 2.00. The maximum absolute atomic E-state index is 6.61. The highest BCUT2D eigenvalue weighted by molar-refractivity contribution is 9.10. The zero-order valence-corrected chi connectivity index (χ0v) is 14.2. The van der Waals surface area contributed by atoms with Crippen LogP contribution in [0.1, 0.15) is 22.9 Å². The van der Waals surface area contributed by atoms with E-state index in [4.69, 9.17) is 32.7 Å². The molecule has 2 aromatic carbocycles. The number of hydrogen-bond donors (Lipinski definition) is 0. The molecule has 1 unspecified atom stereocenters. The van der Waals surface area contributed by atoms with E-state index in [0.29, 0.717) is 18.2 Å². The van der Waals surface area contributed by atoms with Gasteiger partial charge >= 0.3 is 0 Å². The number of hydrogen-bond acceptors (Lipinski definition) is 2. The molecule has 0 bridgehead atoms. The normalized spacial score (nSPS) is 15.4. The summed E-state index contributed by atoms with van der Waals surface area (Å²) < 4.78 is 12.3. The van der Waals surface area contributed by atoms with E-state index in [1.807, 2.05) is 36.4 Å². The molecule has 1 heterocycles. The maximum atomic E-state index is 6.61. The summed E-state index contributed by atoms with van der Waals surface area (Å²) in [7, 11) is 0. The van der Waals surface area contributed by atoms with Gasteiger partial charge in [-0.1, -0.05) is 39.7 Å². The maximum Gasteiger partial charge on any atom is 0.162 e. The first-order chi connectivity index (χ1) is 10.1. The fourth-order valence-corrected chi connectivity index (χ4v) is 3.44. The first kappa shape index (κ1) is 15.0. The summed E-state index contributed by atoms with van der Waals surface area (Å²) in [6.07, 6.45) is 0.875. The molecule has 2 nitrogen and oxygen atoms in total. The molecule has 0 fully saturated rings. The largest absolute Gasteiger partial charge is 0.490 e. The third-order valence-corrected chi connectivity index (χ3v) is 4.69. The Morgan fingerprint density at radius 2 is 1.76 bits per heavy atom. The number of benzene rings is 2. The summed E-state index contributed by atoms with van der Waals surface area (Å²) in [6.45, 7) is 1.32. The highest BCUT2D eigenvalue weighted by Crippen LogP contribution is 2.41. The van der Waals surface area contributed by atoms with Gasteiger partial charge in [0.2, 0.25) is 0 Å². The van der Waals surface area contributed by atoms with Crippen LogP contribution in [0.25, 0.3) is 0 Å². The van der Waals surface area contributed by atoms with Gasteiger partial charge in [-0.25, -0.2) is 0 Å². The Hall–Kier alpha value is -0.900. The van der Waals surface area contributed by atoms with Gasteiger partial charge in [0.25, 0.3) is 0 Å². The van der Waals surface area contributed by atoms with Gasteiger partial charge in [0.15, 0.2) is 11.5 Å². The van der Waals surface area contributed by atoms with E-state index in [9.17, 15) is 0 Å². The van der Waals surface area contributed by atoms with Crippen molar-refractivity contribution in [2.45, 2.75) is 11.8 Å². The molecule has 5 heteroatoms. The van der Waals surface area contributed by atoms with Crippen LogP contribution < -0.4 is 9.47 Å². The third kappa shape index (κ3) is 3.31. The second-order valence-electron chi connectivity index (χ2n) is 4.79. The fraction of sp³-hybridized carbons (Fsp3) is 0.250. The molecule has 0 saturated carbocycles. The monoisotopic (exact) mass is 386 g/mol. The van der Waals surface area contributed by atoms with Crippen LogP contribution in [0.15, 0.2) is 40.9 Å². The van der Waals surface area contributed by atoms with Crippen molar-refractivity contribution in [2.24, 2.45) is 0 Å². The van der Waals surface area contributed by atoms with Crippen molar-refractivity contribution in [2.75, 3.05) is 13.2 Å². The predicted octanol–water partition coefficient (Wildman–Crippen LogP) is 5.59. The quantitative estimate of drug-likeness (QED) is 0.625. The van der Waals surface area contributed by atoms with E-state index in [-0.39, 0.29) is 5.38 Å². The number of ether oxygens (including phenoxy) is 2. The fourth-order valence-electron chi connectivity index (χ4n) is 2.24. The minimum absolute atomic E-state index is 0.310. The van der Waals surface area contributed by atoms with Crippen LogP contribution in [-0.4, -0.2) is 13.2 Å². The second-order valence-corrected chi connectivity index (χ2v) is 6.52. The lowest BCUT2D eigenvalue weighted by molar-refractivity contribution is 0.297. The Bertz CT molecular complexity index is 661. The average Bonchev–Trinajstić information content (AvgIpc) is 2.70. The van der Waals surface area contributed by atoms with Crippen LogP contribution in [0, 0.1) is 0 Å². The summed E-state index contributed by atoms with van der Waals surface area (Å²) in [5.74, 6) is 1.48. The van der Waals surface area contributed by atoms with E-state index in [0.717, 1.165) is 33.5 Å². The molecule has 0 spiro atoms. The van der Waals surface area contributed by atoms with Crippen LogP contribution in [0.4, 0.5) is 0 Å². The topological polar surface area (TPSA) is 18.5 Å². The van der Waals surface area contributed by atoms with Gasteiger partial charge in [0, 0.05) is 15.9 Å². The minimum atomic E-state index is -0.310. The Labute approximate surface area is 142 Å². The standard InChI is InChI=1S/C16H13BrCl2O2/c17-13-9-15-14(20-5-2-6-21-15)8-12(13)16(19)10-3-1-4-11(18)7-10/h1,3-4,7-9,16H,2,5-6H2. The summed E-state index contributed by atoms with van der Waals surface area (Å²) in [5, 5.41) is 0.360. The van der Waals surface area contributed by atoms with Gasteiger partial charge in [0.1, 0.15) is 0 Å². The zero-order valence-electron chi connectivity index (χ0n) is 11.1. The molecule has 2 aromatic rings. The highest BCUT2D eigenvalue weighted by atomic mass is 79.9. The van der Waals surface area contributed by atoms with Gasteiger partial charge in [-0.05, 0) is 35.4 Å². The van der Waals surface area contributed by atoms with E-state index in [2.05, 4.69) is 15.9 Å². The average molecular weight is 388 g/mol. The van der Waals surface area contributed by atoms with E-state index >= 15 is 0 Å². The SMILES string of the molecule is Clc1cccc(C(Cl)c2cc3c(cc2Br)OCCCO3)c1. The van der Waals surface area contributed by atoms with Crippen molar-refractivity contribution in [3.8, 4) is 11.5 Å².